The lowest BCUT2D eigenvalue weighted by Gasteiger charge is -2.12. The second-order valence-corrected chi connectivity index (χ2v) is 3.80. The van der Waals surface area contributed by atoms with Gasteiger partial charge >= 0.3 is 5.97 Å². The fourth-order valence-electron chi connectivity index (χ4n) is 1.47. The number of hydrogen-bond donors (Lipinski definition) is 1. The Morgan fingerprint density at radius 1 is 1.50 bits per heavy atom. The quantitative estimate of drug-likeness (QED) is 0.826. The SMILES string of the molecule is COc1cc(C)c(Cl)c(C)c1/C=C/C(=O)O. The number of carboxylic acids is 1. The lowest BCUT2D eigenvalue weighted by atomic mass is 10.0. The molecule has 0 heterocycles. The average Bonchev–Trinajstić information content (AvgIpc) is 2.23. The predicted molar refractivity (Wildman–Crippen MR) is 64.1 cm³/mol. The molecule has 16 heavy (non-hydrogen) atoms. The van der Waals surface area contributed by atoms with Gasteiger partial charge in [0.25, 0.3) is 0 Å². The van der Waals surface area contributed by atoms with E-state index in [1.165, 1.54) is 6.08 Å². The van der Waals surface area contributed by atoms with E-state index in [-0.39, 0.29) is 0 Å². The highest BCUT2D eigenvalue weighted by atomic mass is 35.5. The van der Waals surface area contributed by atoms with E-state index in [1.54, 1.807) is 13.2 Å². The van der Waals surface area contributed by atoms with Gasteiger partial charge in [-0.15, -0.1) is 0 Å². The van der Waals surface area contributed by atoms with Crippen molar-refractivity contribution in [2.75, 3.05) is 7.11 Å². The number of rotatable bonds is 3. The first kappa shape index (κ1) is 12.6. The molecule has 0 unspecified atom stereocenters. The van der Waals surface area contributed by atoms with E-state index in [0.29, 0.717) is 16.3 Å². The minimum absolute atomic E-state index is 0.622. The summed E-state index contributed by atoms with van der Waals surface area (Å²) in [6.45, 7) is 3.71. The van der Waals surface area contributed by atoms with Gasteiger partial charge in [-0.1, -0.05) is 11.6 Å². The van der Waals surface area contributed by atoms with Crippen molar-refractivity contribution in [3.63, 3.8) is 0 Å². The molecule has 86 valence electrons. The van der Waals surface area contributed by atoms with Gasteiger partial charge in [0.1, 0.15) is 5.75 Å². The van der Waals surface area contributed by atoms with Crippen LogP contribution in [0.2, 0.25) is 5.02 Å². The summed E-state index contributed by atoms with van der Waals surface area (Å²) >= 11 is 6.09. The lowest BCUT2D eigenvalue weighted by molar-refractivity contribution is -0.131. The van der Waals surface area contributed by atoms with Gasteiger partial charge < -0.3 is 9.84 Å². The lowest BCUT2D eigenvalue weighted by Crippen LogP contribution is -1.94. The van der Waals surface area contributed by atoms with E-state index in [0.717, 1.165) is 17.2 Å². The molecule has 0 aromatic heterocycles. The van der Waals surface area contributed by atoms with Crippen LogP contribution in [0.5, 0.6) is 5.75 Å². The second kappa shape index (κ2) is 5.03. The Morgan fingerprint density at radius 3 is 2.62 bits per heavy atom. The van der Waals surface area contributed by atoms with Crippen LogP contribution in [0.15, 0.2) is 12.1 Å². The molecule has 1 aromatic carbocycles. The number of carboxylic acid groups (broad SMARTS) is 1. The summed E-state index contributed by atoms with van der Waals surface area (Å²) < 4.78 is 5.19. The van der Waals surface area contributed by atoms with E-state index < -0.39 is 5.97 Å². The Balaban J connectivity index is 3.35. The highest BCUT2D eigenvalue weighted by Crippen LogP contribution is 2.32. The molecule has 0 saturated carbocycles. The molecule has 4 heteroatoms. The molecule has 1 N–H and O–H groups in total. The van der Waals surface area contributed by atoms with Gasteiger partial charge in [0.05, 0.1) is 7.11 Å². The van der Waals surface area contributed by atoms with E-state index in [1.807, 2.05) is 13.8 Å². The number of halogens is 1. The second-order valence-electron chi connectivity index (χ2n) is 3.42. The van der Waals surface area contributed by atoms with Gasteiger partial charge in [-0.3, -0.25) is 0 Å². The topological polar surface area (TPSA) is 46.5 Å². The van der Waals surface area contributed by atoms with Crippen LogP contribution in [0.4, 0.5) is 0 Å². The predicted octanol–water partition coefficient (Wildman–Crippen LogP) is 3.06. The molecular weight excluding hydrogens is 228 g/mol. The zero-order valence-electron chi connectivity index (χ0n) is 9.37. The number of aryl methyl sites for hydroxylation is 1. The Kier molecular flexibility index (Phi) is 3.96. The van der Waals surface area contributed by atoms with Crippen molar-refractivity contribution in [3.8, 4) is 5.75 Å². The number of methoxy groups -OCH3 is 1. The fraction of sp³-hybridized carbons (Fsp3) is 0.250. The average molecular weight is 241 g/mol. The highest BCUT2D eigenvalue weighted by molar-refractivity contribution is 6.32. The molecule has 0 aliphatic heterocycles. The molecule has 0 aliphatic rings. The third kappa shape index (κ3) is 2.55. The number of benzene rings is 1. The largest absolute Gasteiger partial charge is 0.496 e. The number of hydrogen-bond acceptors (Lipinski definition) is 2. The normalized spacial score (nSPS) is 10.8. The summed E-state index contributed by atoms with van der Waals surface area (Å²) in [6.07, 6.45) is 2.55. The van der Waals surface area contributed by atoms with Crippen molar-refractivity contribution in [2.24, 2.45) is 0 Å². The van der Waals surface area contributed by atoms with Crippen molar-refractivity contribution in [3.05, 3.63) is 33.9 Å². The van der Waals surface area contributed by atoms with Crippen LogP contribution in [0, 0.1) is 13.8 Å². The number of aliphatic carboxylic acids is 1. The maximum absolute atomic E-state index is 10.5. The van der Waals surface area contributed by atoms with Crippen molar-refractivity contribution >= 4 is 23.6 Å². The van der Waals surface area contributed by atoms with Crippen LogP contribution in [0.3, 0.4) is 0 Å². The van der Waals surface area contributed by atoms with Crippen molar-refractivity contribution < 1.29 is 14.6 Å². The zero-order valence-corrected chi connectivity index (χ0v) is 10.1. The van der Waals surface area contributed by atoms with Gasteiger partial charge in [0.2, 0.25) is 0 Å². The van der Waals surface area contributed by atoms with Crippen LogP contribution in [0.25, 0.3) is 6.08 Å². The minimum Gasteiger partial charge on any atom is -0.496 e. The molecule has 0 aliphatic carbocycles. The summed E-state index contributed by atoms with van der Waals surface area (Å²) in [5.41, 5.74) is 2.42. The molecule has 0 bridgehead atoms. The fourth-order valence-corrected chi connectivity index (χ4v) is 1.62. The molecule has 3 nitrogen and oxygen atoms in total. The monoisotopic (exact) mass is 240 g/mol. The van der Waals surface area contributed by atoms with E-state index in [9.17, 15) is 4.79 Å². The van der Waals surface area contributed by atoms with Crippen molar-refractivity contribution in [2.45, 2.75) is 13.8 Å². The van der Waals surface area contributed by atoms with Gasteiger partial charge in [-0.25, -0.2) is 4.79 Å². The van der Waals surface area contributed by atoms with Gasteiger partial charge in [0, 0.05) is 16.7 Å². The number of carbonyl (C=O) groups is 1. The molecule has 1 rings (SSSR count). The summed E-state index contributed by atoms with van der Waals surface area (Å²) in [6, 6.07) is 1.79. The Morgan fingerprint density at radius 2 is 2.12 bits per heavy atom. The first-order valence-electron chi connectivity index (χ1n) is 4.72. The molecule has 0 atom stereocenters. The summed E-state index contributed by atoms with van der Waals surface area (Å²) in [5.74, 6) is -0.380. The van der Waals surface area contributed by atoms with Crippen LogP contribution >= 0.6 is 11.6 Å². The third-order valence-electron chi connectivity index (χ3n) is 2.31. The van der Waals surface area contributed by atoms with Gasteiger partial charge in [-0.05, 0) is 37.1 Å². The van der Waals surface area contributed by atoms with Gasteiger partial charge in [-0.2, -0.15) is 0 Å². The highest BCUT2D eigenvalue weighted by Gasteiger charge is 2.10. The Hall–Kier alpha value is -1.48. The smallest absolute Gasteiger partial charge is 0.328 e. The minimum atomic E-state index is -1.00. The van der Waals surface area contributed by atoms with Crippen LogP contribution < -0.4 is 4.74 Å². The summed E-state index contributed by atoms with van der Waals surface area (Å²) in [5, 5.41) is 9.22. The first-order valence-corrected chi connectivity index (χ1v) is 5.10. The maximum atomic E-state index is 10.5. The molecule has 0 spiro atoms. The van der Waals surface area contributed by atoms with Gasteiger partial charge in [0.15, 0.2) is 0 Å². The van der Waals surface area contributed by atoms with E-state index in [2.05, 4.69) is 0 Å². The van der Waals surface area contributed by atoms with Crippen LogP contribution in [0.1, 0.15) is 16.7 Å². The van der Waals surface area contributed by atoms with Crippen molar-refractivity contribution in [1.82, 2.24) is 0 Å². The van der Waals surface area contributed by atoms with Crippen molar-refractivity contribution in [1.29, 1.82) is 0 Å². The molecule has 0 fully saturated rings. The standard InChI is InChI=1S/C12H13ClO3/c1-7-6-10(16-3)9(4-5-11(14)15)8(2)12(7)13/h4-6H,1-3H3,(H,14,15)/b5-4+. The molecular formula is C12H13ClO3. The van der Waals surface area contributed by atoms with E-state index >= 15 is 0 Å². The third-order valence-corrected chi connectivity index (χ3v) is 2.89. The Labute approximate surface area is 99.3 Å². The summed E-state index contributed by atoms with van der Waals surface area (Å²) in [4.78, 5) is 10.5. The molecule has 1 aromatic rings. The number of ether oxygens (including phenoxy) is 1. The van der Waals surface area contributed by atoms with Crippen LogP contribution in [-0.2, 0) is 4.79 Å². The van der Waals surface area contributed by atoms with Crippen LogP contribution in [-0.4, -0.2) is 18.2 Å². The first-order chi connectivity index (χ1) is 7.47. The molecule has 0 radical (unpaired) electrons. The Bertz CT molecular complexity index is 450. The summed E-state index contributed by atoms with van der Waals surface area (Å²) in [7, 11) is 1.54. The zero-order chi connectivity index (χ0) is 12.3. The molecule has 0 amide bonds. The van der Waals surface area contributed by atoms with E-state index in [4.69, 9.17) is 21.4 Å². The maximum Gasteiger partial charge on any atom is 0.328 e. The molecule has 0 saturated heterocycles.